The second-order valence-corrected chi connectivity index (χ2v) is 5.74. The van der Waals surface area contributed by atoms with E-state index >= 15 is 0 Å². The Morgan fingerprint density at radius 2 is 1.84 bits per heavy atom. The van der Waals surface area contributed by atoms with Crippen LogP contribution in [0.3, 0.4) is 0 Å². The molecule has 1 atom stereocenters. The summed E-state index contributed by atoms with van der Waals surface area (Å²) in [6.45, 7) is 4.74. The molecule has 19 heavy (non-hydrogen) atoms. The van der Waals surface area contributed by atoms with Gasteiger partial charge < -0.3 is 4.74 Å². The summed E-state index contributed by atoms with van der Waals surface area (Å²) in [5.41, 5.74) is 3.52. The van der Waals surface area contributed by atoms with Crippen LogP contribution in [-0.4, -0.2) is 6.61 Å². The molecule has 2 aromatic carbocycles. The van der Waals surface area contributed by atoms with Gasteiger partial charge in [-0.1, -0.05) is 57.4 Å². The van der Waals surface area contributed by atoms with Crippen molar-refractivity contribution in [3.8, 4) is 5.75 Å². The molecular weight excluding hydrogens is 324 g/mol. The first-order chi connectivity index (χ1) is 9.11. The average molecular weight is 340 g/mol. The molecule has 1 unspecified atom stereocenters. The van der Waals surface area contributed by atoms with Crippen LogP contribution in [0.4, 0.5) is 0 Å². The summed E-state index contributed by atoms with van der Waals surface area (Å²) in [7, 11) is 0. The molecular formula is C16H16BrClO. The summed E-state index contributed by atoms with van der Waals surface area (Å²) in [5, 5.41) is 0.748. The Balaban J connectivity index is 2.39. The number of hydrogen-bond donors (Lipinski definition) is 0. The second kappa shape index (κ2) is 6.44. The van der Waals surface area contributed by atoms with Crippen LogP contribution >= 0.6 is 27.5 Å². The molecule has 100 valence electrons. The summed E-state index contributed by atoms with van der Waals surface area (Å²) in [4.78, 5) is 0.103. The fraction of sp³-hybridized carbons (Fsp3) is 0.250. The Kier molecular flexibility index (Phi) is 4.89. The van der Waals surface area contributed by atoms with Gasteiger partial charge in [-0.3, -0.25) is 0 Å². The van der Waals surface area contributed by atoms with E-state index in [9.17, 15) is 0 Å². The molecule has 0 fully saturated rings. The van der Waals surface area contributed by atoms with E-state index in [-0.39, 0.29) is 4.83 Å². The van der Waals surface area contributed by atoms with Gasteiger partial charge in [0.2, 0.25) is 0 Å². The Labute approximate surface area is 127 Å². The zero-order valence-electron chi connectivity index (χ0n) is 11.0. The molecule has 0 spiro atoms. The average Bonchev–Trinajstić information content (AvgIpc) is 2.41. The molecule has 0 aliphatic carbocycles. The lowest BCUT2D eigenvalue weighted by molar-refractivity contribution is 0.337. The maximum Gasteiger partial charge on any atom is 0.123 e. The summed E-state index contributed by atoms with van der Waals surface area (Å²) >= 11 is 9.68. The van der Waals surface area contributed by atoms with Crippen molar-refractivity contribution in [3.63, 3.8) is 0 Å². The quantitative estimate of drug-likeness (QED) is 0.665. The first-order valence-electron chi connectivity index (χ1n) is 6.24. The van der Waals surface area contributed by atoms with Gasteiger partial charge in [0.05, 0.1) is 11.4 Å². The molecule has 0 heterocycles. The van der Waals surface area contributed by atoms with Crippen molar-refractivity contribution in [1.29, 1.82) is 0 Å². The van der Waals surface area contributed by atoms with E-state index in [4.69, 9.17) is 16.3 Å². The fourth-order valence-electron chi connectivity index (χ4n) is 1.96. The summed E-state index contributed by atoms with van der Waals surface area (Å²) < 4.78 is 5.70. The first-order valence-corrected chi connectivity index (χ1v) is 7.54. The maximum absolute atomic E-state index is 5.93. The molecule has 3 heteroatoms. The van der Waals surface area contributed by atoms with Crippen molar-refractivity contribution in [1.82, 2.24) is 0 Å². The van der Waals surface area contributed by atoms with Crippen molar-refractivity contribution in [2.45, 2.75) is 18.7 Å². The third-order valence-corrected chi connectivity index (χ3v) is 4.17. The molecule has 0 N–H and O–H groups in total. The summed E-state index contributed by atoms with van der Waals surface area (Å²) in [6, 6.07) is 14.1. The van der Waals surface area contributed by atoms with Crippen LogP contribution in [0.1, 0.15) is 28.4 Å². The lowest BCUT2D eigenvalue weighted by Crippen LogP contribution is -2.00. The van der Waals surface area contributed by atoms with Gasteiger partial charge >= 0.3 is 0 Å². The van der Waals surface area contributed by atoms with Crippen molar-refractivity contribution >= 4 is 27.5 Å². The van der Waals surface area contributed by atoms with Gasteiger partial charge in [0.25, 0.3) is 0 Å². The molecule has 1 nitrogen and oxygen atoms in total. The highest BCUT2D eigenvalue weighted by atomic mass is 79.9. The smallest absolute Gasteiger partial charge is 0.123 e. The van der Waals surface area contributed by atoms with Crippen molar-refractivity contribution < 1.29 is 4.74 Å². The van der Waals surface area contributed by atoms with Gasteiger partial charge in [0, 0.05) is 10.6 Å². The summed E-state index contributed by atoms with van der Waals surface area (Å²) in [6.07, 6.45) is 0. The number of benzene rings is 2. The Bertz CT molecular complexity index is 551. The van der Waals surface area contributed by atoms with Gasteiger partial charge in [-0.15, -0.1) is 0 Å². The molecule has 0 aromatic heterocycles. The van der Waals surface area contributed by atoms with Gasteiger partial charge in [0.15, 0.2) is 0 Å². The fourth-order valence-corrected chi connectivity index (χ4v) is 2.75. The number of ether oxygens (including phenoxy) is 1. The normalized spacial score (nSPS) is 12.2. The molecule has 0 saturated carbocycles. The molecule has 0 radical (unpaired) electrons. The Morgan fingerprint density at radius 3 is 2.47 bits per heavy atom. The van der Waals surface area contributed by atoms with Crippen LogP contribution in [0.2, 0.25) is 5.02 Å². The number of halogens is 2. The third kappa shape index (κ3) is 3.52. The van der Waals surface area contributed by atoms with Crippen LogP contribution in [0, 0.1) is 6.92 Å². The molecule has 0 aliphatic heterocycles. The van der Waals surface area contributed by atoms with E-state index in [1.54, 1.807) is 0 Å². The molecule has 2 aromatic rings. The van der Waals surface area contributed by atoms with Crippen LogP contribution in [0.25, 0.3) is 0 Å². The van der Waals surface area contributed by atoms with Gasteiger partial charge in [-0.25, -0.2) is 0 Å². The van der Waals surface area contributed by atoms with Gasteiger partial charge in [0.1, 0.15) is 5.75 Å². The monoisotopic (exact) mass is 338 g/mol. The lowest BCUT2D eigenvalue weighted by Gasteiger charge is -2.16. The van der Waals surface area contributed by atoms with E-state index in [1.807, 2.05) is 37.3 Å². The van der Waals surface area contributed by atoms with E-state index in [1.165, 1.54) is 5.56 Å². The zero-order chi connectivity index (χ0) is 13.8. The van der Waals surface area contributed by atoms with Crippen LogP contribution in [-0.2, 0) is 0 Å². The minimum Gasteiger partial charge on any atom is -0.494 e. The highest BCUT2D eigenvalue weighted by Crippen LogP contribution is 2.37. The third-order valence-electron chi connectivity index (χ3n) is 2.90. The van der Waals surface area contributed by atoms with Crippen molar-refractivity contribution in [3.05, 3.63) is 64.2 Å². The second-order valence-electron chi connectivity index (χ2n) is 4.39. The highest BCUT2D eigenvalue weighted by Gasteiger charge is 2.15. The van der Waals surface area contributed by atoms with Crippen molar-refractivity contribution in [2.24, 2.45) is 0 Å². The van der Waals surface area contributed by atoms with E-state index in [2.05, 4.69) is 35.0 Å². The lowest BCUT2D eigenvalue weighted by atomic mass is 10.0. The van der Waals surface area contributed by atoms with E-state index in [0.717, 1.165) is 21.9 Å². The number of rotatable bonds is 4. The minimum atomic E-state index is 0.103. The van der Waals surface area contributed by atoms with E-state index < -0.39 is 0 Å². The van der Waals surface area contributed by atoms with Gasteiger partial charge in [-0.2, -0.15) is 0 Å². The number of aryl methyl sites for hydroxylation is 1. The minimum absolute atomic E-state index is 0.103. The predicted molar refractivity (Wildman–Crippen MR) is 84.6 cm³/mol. The molecule has 2 rings (SSSR count). The number of alkyl halides is 1. The zero-order valence-corrected chi connectivity index (χ0v) is 13.3. The molecule has 0 saturated heterocycles. The maximum atomic E-state index is 5.93. The Hall–Kier alpha value is -0.990. The highest BCUT2D eigenvalue weighted by molar-refractivity contribution is 9.09. The SMILES string of the molecule is CCOc1ccc(C)cc1C(Br)c1ccc(Cl)cc1. The Morgan fingerprint density at radius 1 is 1.16 bits per heavy atom. The largest absolute Gasteiger partial charge is 0.494 e. The van der Waals surface area contributed by atoms with Crippen LogP contribution in [0.5, 0.6) is 5.75 Å². The van der Waals surface area contributed by atoms with E-state index in [0.29, 0.717) is 6.61 Å². The van der Waals surface area contributed by atoms with Crippen LogP contribution < -0.4 is 4.74 Å². The molecule has 0 aliphatic rings. The molecule has 0 amide bonds. The topological polar surface area (TPSA) is 9.23 Å². The first kappa shape index (κ1) is 14.4. The van der Waals surface area contributed by atoms with Crippen LogP contribution in [0.15, 0.2) is 42.5 Å². The standard InChI is InChI=1S/C16H16BrClO/c1-3-19-15-9-4-11(2)10-14(15)16(17)12-5-7-13(18)8-6-12/h4-10,16H,3H2,1-2H3. The predicted octanol–water partition coefficient (Wildman–Crippen LogP) is 5.53. The van der Waals surface area contributed by atoms with Gasteiger partial charge in [-0.05, 0) is 37.6 Å². The summed E-state index contributed by atoms with van der Waals surface area (Å²) in [5.74, 6) is 0.921. The number of hydrogen-bond acceptors (Lipinski definition) is 1. The van der Waals surface area contributed by atoms with Crippen molar-refractivity contribution in [2.75, 3.05) is 6.61 Å². The molecule has 0 bridgehead atoms.